The van der Waals surface area contributed by atoms with Crippen LogP contribution in [0.5, 0.6) is 5.75 Å². The van der Waals surface area contributed by atoms with Crippen molar-refractivity contribution in [2.45, 2.75) is 34.1 Å². The topological polar surface area (TPSA) is 60.5 Å². The Morgan fingerprint density at radius 3 is 2.24 bits per heavy atom. The molecule has 0 bridgehead atoms. The van der Waals surface area contributed by atoms with E-state index in [4.69, 9.17) is 4.52 Å². The van der Waals surface area contributed by atoms with Crippen LogP contribution in [-0.2, 0) is 0 Å². The van der Waals surface area contributed by atoms with Crippen LogP contribution in [0.3, 0.4) is 0 Å². The molecule has 0 N–H and O–H groups in total. The van der Waals surface area contributed by atoms with Gasteiger partial charge in [0.25, 0.3) is 5.89 Å². The Morgan fingerprint density at radius 2 is 1.76 bits per heavy atom. The van der Waals surface area contributed by atoms with Crippen molar-refractivity contribution in [1.82, 2.24) is 10.1 Å². The van der Waals surface area contributed by atoms with E-state index < -0.39 is 6.36 Å². The largest absolute Gasteiger partial charge is 0.573 e. The molecule has 0 amide bonds. The number of nitrogens with zero attached hydrogens (tertiary/aromatic N) is 3. The Bertz CT molecular complexity index is 728. The Morgan fingerprint density at radius 1 is 1.16 bits per heavy atom. The van der Waals surface area contributed by atoms with Gasteiger partial charge in [-0.3, -0.25) is 4.99 Å². The van der Waals surface area contributed by atoms with Gasteiger partial charge in [0.15, 0.2) is 0 Å². The smallest absolute Gasteiger partial charge is 0.406 e. The van der Waals surface area contributed by atoms with E-state index in [1.54, 1.807) is 13.1 Å². The van der Waals surface area contributed by atoms with Crippen molar-refractivity contribution in [2.75, 3.05) is 7.05 Å². The maximum atomic E-state index is 12.1. The van der Waals surface area contributed by atoms with E-state index in [2.05, 4.69) is 19.9 Å². The third-order valence-corrected chi connectivity index (χ3v) is 2.66. The molecule has 0 aliphatic heterocycles. The summed E-state index contributed by atoms with van der Waals surface area (Å²) >= 11 is 0. The van der Waals surface area contributed by atoms with E-state index >= 15 is 0 Å². The number of rotatable bonds is 4. The summed E-state index contributed by atoms with van der Waals surface area (Å²) in [5, 5.41) is 3.81. The molecule has 0 radical (unpaired) electrons. The van der Waals surface area contributed by atoms with Gasteiger partial charge in [0.05, 0.1) is 0 Å². The Kier molecular flexibility index (Phi) is 7.35. The summed E-state index contributed by atoms with van der Waals surface area (Å²) in [7, 11) is 1.60. The minimum absolute atomic E-state index is 0.235. The number of aliphatic imine (C=N–C) groups is 1. The van der Waals surface area contributed by atoms with Gasteiger partial charge >= 0.3 is 6.36 Å². The number of allylic oxidation sites excluding steroid dienone is 2. The first-order chi connectivity index (χ1) is 11.8. The van der Waals surface area contributed by atoms with Crippen molar-refractivity contribution in [2.24, 2.45) is 4.99 Å². The van der Waals surface area contributed by atoms with Gasteiger partial charge in [-0.1, -0.05) is 24.6 Å². The SMILES string of the molecule is CC.CN=C(C=C(C)C)c1nc(-c2ccc(OC(F)(F)F)cc2)no1. The molecule has 2 aromatic rings. The van der Waals surface area contributed by atoms with Gasteiger partial charge in [0.2, 0.25) is 5.82 Å². The average molecular weight is 355 g/mol. The lowest BCUT2D eigenvalue weighted by Gasteiger charge is -2.08. The van der Waals surface area contributed by atoms with E-state index in [1.807, 2.05) is 27.7 Å². The maximum absolute atomic E-state index is 12.1. The number of hydrogen-bond donors (Lipinski definition) is 0. The summed E-state index contributed by atoms with van der Waals surface area (Å²) in [5.41, 5.74) is 2.04. The monoisotopic (exact) mass is 355 g/mol. The minimum Gasteiger partial charge on any atom is -0.406 e. The predicted molar refractivity (Wildman–Crippen MR) is 89.7 cm³/mol. The van der Waals surface area contributed by atoms with Crippen LogP contribution in [-0.4, -0.2) is 29.3 Å². The summed E-state index contributed by atoms with van der Waals surface area (Å²) in [6.07, 6.45) is -2.94. The molecule has 8 heteroatoms. The van der Waals surface area contributed by atoms with Gasteiger partial charge in [0.1, 0.15) is 11.5 Å². The van der Waals surface area contributed by atoms with E-state index in [-0.39, 0.29) is 17.5 Å². The standard InChI is InChI=1S/C15H14F3N3O2.C2H6/c1-9(2)8-12(19-3)14-20-13(21-23-14)10-4-6-11(7-5-10)22-15(16,17)18;1-2/h4-8H,1-3H3;1-2H3. The zero-order valence-electron chi connectivity index (χ0n) is 14.7. The van der Waals surface area contributed by atoms with Crippen LogP contribution < -0.4 is 4.74 Å². The summed E-state index contributed by atoms with van der Waals surface area (Å²) in [6.45, 7) is 7.81. The zero-order chi connectivity index (χ0) is 19.0. The zero-order valence-corrected chi connectivity index (χ0v) is 14.7. The van der Waals surface area contributed by atoms with E-state index in [0.29, 0.717) is 11.3 Å². The third kappa shape index (κ3) is 6.40. The first-order valence-electron chi connectivity index (χ1n) is 7.60. The van der Waals surface area contributed by atoms with Crippen LogP contribution in [0.2, 0.25) is 0 Å². The second-order valence-corrected chi connectivity index (χ2v) is 4.83. The molecule has 0 fully saturated rings. The van der Waals surface area contributed by atoms with Crippen molar-refractivity contribution in [3.63, 3.8) is 0 Å². The molecule has 136 valence electrons. The van der Waals surface area contributed by atoms with Gasteiger partial charge in [-0.05, 0) is 44.2 Å². The summed E-state index contributed by atoms with van der Waals surface area (Å²) in [4.78, 5) is 8.25. The molecule has 0 aliphatic carbocycles. The van der Waals surface area contributed by atoms with Gasteiger partial charge < -0.3 is 9.26 Å². The molecule has 0 aliphatic rings. The number of ether oxygens (including phenoxy) is 1. The fourth-order valence-electron chi connectivity index (χ4n) is 1.75. The third-order valence-electron chi connectivity index (χ3n) is 2.66. The lowest BCUT2D eigenvalue weighted by Crippen LogP contribution is -2.16. The number of alkyl halides is 3. The molecule has 0 saturated heterocycles. The van der Waals surface area contributed by atoms with Gasteiger partial charge in [-0.25, -0.2) is 0 Å². The average Bonchev–Trinajstić information content (AvgIpc) is 3.03. The molecule has 0 unspecified atom stereocenters. The highest BCUT2D eigenvalue weighted by molar-refractivity contribution is 6.05. The molecular formula is C17H20F3N3O2. The highest BCUT2D eigenvalue weighted by Crippen LogP contribution is 2.25. The van der Waals surface area contributed by atoms with Crippen molar-refractivity contribution in [3.8, 4) is 17.1 Å². The van der Waals surface area contributed by atoms with Crippen LogP contribution in [0.25, 0.3) is 11.4 Å². The molecule has 0 saturated carbocycles. The number of hydrogen-bond acceptors (Lipinski definition) is 5. The van der Waals surface area contributed by atoms with Crippen molar-refractivity contribution in [1.29, 1.82) is 0 Å². The number of aromatic nitrogens is 2. The van der Waals surface area contributed by atoms with Gasteiger partial charge in [-0.15, -0.1) is 13.2 Å². The second kappa shape index (κ2) is 9.00. The number of benzene rings is 1. The highest BCUT2D eigenvalue weighted by atomic mass is 19.4. The van der Waals surface area contributed by atoms with E-state index in [9.17, 15) is 13.2 Å². The summed E-state index contributed by atoms with van der Waals surface area (Å²) in [5.74, 6) is 0.173. The molecule has 1 heterocycles. The van der Waals surface area contributed by atoms with Crippen LogP contribution in [0, 0.1) is 0 Å². The van der Waals surface area contributed by atoms with Crippen molar-refractivity contribution in [3.05, 3.63) is 41.8 Å². The lowest BCUT2D eigenvalue weighted by atomic mass is 10.2. The Hall–Kier alpha value is -2.64. The first-order valence-corrected chi connectivity index (χ1v) is 7.60. The molecule has 25 heavy (non-hydrogen) atoms. The molecule has 5 nitrogen and oxygen atoms in total. The van der Waals surface area contributed by atoms with Crippen LogP contribution in [0.15, 0.2) is 45.4 Å². The van der Waals surface area contributed by atoms with Crippen molar-refractivity contribution < 1.29 is 22.4 Å². The molecule has 1 aromatic heterocycles. The molecule has 1 aromatic carbocycles. The molecule has 0 atom stereocenters. The second-order valence-electron chi connectivity index (χ2n) is 4.83. The summed E-state index contributed by atoms with van der Waals surface area (Å²) in [6, 6.07) is 5.20. The normalized spacial score (nSPS) is 11.4. The fourth-order valence-corrected chi connectivity index (χ4v) is 1.75. The summed E-state index contributed by atoms with van der Waals surface area (Å²) < 4.78 is 45.3. The molecule has 2 rings (SSSR count). The predicted octanol–water partition coefficient (Wildman–Crippen LogP) is 5.05. The lowest BCUT2D eigenvalue weighted by molar-refractivity contribution is -0.274. The minimum atomic E-state index is -4.72. The van der Waals surface area contributed by atoms with Gasteiger partial charge in [-0.2, -0.15) is 4.98 Å². The van der Waals surface area contributed by atoms with Gasteiger partial charge in [0, 0.05) is 12.6 Å². The quantitative estimate of drug-likeness (QED) is 0.720. The van der Waals surface area contributed by atoms with Crippen LogP contribution >= 0.6 is 0 Å². The van der Waals surface area contributed by atoms with Crippen LogP contribution in [0.4, 0.5) is 13.2 Å². The Labute approximate surface area is 144 Å². The van der Waals surface area contributed by atoms with Crippen LogP contribution in [0.1, 0.15) is 33.6 Å². The van der Waals surface area contributed by atoms with Crippen molar-refractivity contribution >= 4 is 5.71 Å². The molecular weight excluding hydrogens is 335 g/mol. The maximum Gasteiger partial charge on any atom is 0.573 e. The Balaban J connectivity index is 0.00000151. The fraction of sp³-hybridized carbons (Fsp3) is 0.353. The van der Waals surface area contributed by atoms with E-state index in [0.717, 1.165) is 5.57 Å². The number of halogens is 3. The first kappa shape index (κ1) is 20.4. The highest BCUT2D eigenvalue weighted by Gasteiger charge is 2.31. The molecule has 0 spiro atoms. The van der Waals surface area contributed by atoms with E-state index in [1.165, 1.54) is 24.3 Å².